The Labute approximate surface area is 96.0 Å². The lowest BCUT2D eigenvalue weighted by Crippen LogP contribution is -1.94. The van der Waals surface area contributed by atoms with E-state index in [1.165, 1.54) is 5.69 Å². The fourth-order valence-corrected chi connectivity index (χ4v) is 2.18. The van der Waals surface area contributed by atoms with Gasteiger partial charge in [-0.1, -0.05) is 6.07 Å². The van der Waals surface area contributed by atoms with Crippen molar-refractivity contribution in [3.8, 4) is 0 Å². The van der Waals surface area contributed by atoms with Crippen molar-refractivity contribution in [1.82, 2.24) is 9.38 Å². The molecule has 0 fully saturated rings. The van der Waals surface area contributed by atoms with Crippen LogP contribution >= 0.6 is 27.5 Å². The fourth-order valence-electron chi connectivity index (χ4n) is 1.48. The zero-order chi connectivity index (χ0) is 9.97. The van der Waals surface area contributed by atoms with E-state index in [2.05, 4.69) is 25.3 Å². The first kappa shape index (κ1) is 9.99. The molecule has 2 aromatic heterocycles. The van der Waals surface area contributed by atoms with E-state index >= 15 is 0 Å². The van der Waals surface area contributed by atoms with Crippen LogP contribution in [-0.4, -0.2) is 15.3 Å². The van der Waals surface area contributed by atoms with Crippen LogP contribution in [0.4, 0.5) is 0 Å². The van der Waals surface area contributed by atoms with E-state index in [4.69, 9.17) is 11.6 Å². The number of aryl methyl sites for hydroxylation is 1. The van der Waals surface area contributed by atoms with Crippen LogP contribution in [-0.2, 0) is 6.42 Å². The SMILES string of the molecule is ClCCCc1cnc2cccc(Br)n12. The monoisotopic (exact) mass is 272 g/mol. The van der Waals surface area contributed by atoms with E-state index in [0.29, 0.717) is 5.88 Å². The van der Waals surface area contributed by atoms with E-state index < -0.39 is 0 Å². The molecule has 0 bridgehead atoms. The second kappa shape index (κ2) is 4.32. The maximum atomic E-state index is 5.67. The van der Waals surface area contributed by atoms with Gasteiger partial charge in [0.2, 0.25) is 0 Å². The molecular weight excluding hydrogens is 263 g/mol. The molecule has 0 aliphatic heterocycles. The van der Waals surface area contributed by atoms with E-state index in [0.717, 1.165) is 23.1 Å². The molecule has 0 spiro atoms. The second-order valence-electron chi connectivity index (χ2n) is 3.08. The molecule has 0 aliphatic carbocycles. The van der Waals surface area contributed by atoms with Gasteiger partial charge in [-0.25, -0.2) is 4.98 Å². The molecule has 0 saturated heterocycles. The second-order valence-corrected chi connectivity index (χ2v) is 4.27. The molecule has 2 heterocycles. The first-order chi connectivity index (χ1) is 6.83. The van der Waals surface area contributed by atoms with Crippen molar-refractivity contribution in [2.24, 2.45) is 0 Å². The number of pyridine rings is 1. The highest BCUT2D eigenvalue weighted by atomic mass is 79.9. The molecule has 14 heavy (non-hydrogen) atoms. The molecule has 0 radical (unpaired) electrons. The van der Waals surface area contributed by atoms with Crippen LogP contribution in [0.2, 0.25) is 0 Å². The quantitative estimate of drug-likeness (QED) is 0.620. The summed E-state index contributed by atoms with van der Waals surface area (Å²) in [6, 6.07) is 5.99. The Morgan fingerprint density at radius 2 is 2.29 bits per heavy atom. The van der Waals surface area contributed by atoms with Gasteiger partial charge in [0.05, 0.1) is 4.60 Å². The first-order valence-electron chi connectivity index (χ1n) is 4.50. The molecule has 0 atom stereocenters. The van der Waals surface area contributed by atoms with Crippen LogP contribution in [0.3, 0.4) is 0 Å². The van der Waals surface area contributed by atoms with Gasteiger partial charge < -0.3 is 0 Å². The zero-order valence-electron chi connectivity index (χ0n) is 7.58. The summed E-state index contributed by atoms with van der Waals surface area (Å²) in [7, 11) is 0. The number of aromatic nitrogens is 2. The molecule has 0 aliphatic rings. The molecule has 2 aromatic rings. The lowest BCUT2D eigenvalue weighted by molar-refractivity contribution is 0.866. The number of hydrogen-bond acceptors (Lipinski definition) is 1. The number of fused-ring (bicyclic) bond motifs is 1. The molecule has 74 valence electrons. The largest absolute Gasteiger partial charge is 0.291 e. The van der Waals surface area contributed by atoms with Gasteiger partial charge in [-0.05, 0) is 40.9 Å². The summed E-state index contributed by atoms with van der Waals surface area (Å²) in [5.74, 6) is 0.692. The first-order valence-corrected chi connectivity index (χ1v) is 5.82. The topological polar surface area (TPSA) is 17.3 Å². The Morgan fingerprint density at radius 3 is 3.07 bits per heavy atom. The molecular formula is C10H10BrClN2. The third-order valence-corrected chi connectivity index (χ3v) is 3.01. The minimum Gasteiger partial charge on any atom is -0.291 e. The van der Waals surface area contributed by atoms with Crippen LogP contribution in [0.25, 0.3) is 5.65 Å². The Hall–Kier alpha value is -0.540. The lowest BCUT2D eigenvalue weighted by Gasteiger charge is -2.02. The van der Waals surface area contributed by atoms with Crippen molar-refractivity contribution < 1.29 is 0 Å². The van der Waals surface area contributed by atoms with E-state index in [9.17, 15) is 0 Å². The van der Waals surface area contributed by atoms with Crippen LogP contribution in [0, 0.1) is 0 Å². The highest BCUT2D eigenvalue weighted by molar-refractivity contribution is 9.10. The molecule has 4 heteroatoms. The molecule has 0 N–H and O–H groups in total. The predicted octanol–water partition coefficient (Wildman–Crippen LogP) is 3.27. The molecule has 2 nitrogen and oxygen atoms in total. The van der Waals surface area contributed by atoms with Crippen LogP contribution in [0.1, 0.15) is 12.1 Å². The summed E-state index contributed by atoms with van der Waals surface area (Å²) in [4.78, 5) is 4.32. The van der Waals surface area contributed by atoms with Crippen molar-refractivity contribution >= 4 is 33.2 Å². The summed E-state index contributed by atoms with van der Waals surface area (Å²) >= 11 is 9.18. The number of nitrogens with zero attached hydrogens (tertiary/aromatic N) is 2. The number of halogens is 2. The molecule has 0 unspecified atom stereocenters. The lowest BCUT2D eigenvalue weighted by atomic mass is 10.3. The van der Waals surface area contributed by atoms with Crippen LogP contribution in [0.15, 0.2) is 29.0 Å². The van der Waals surface area contributed by atoms with Gasteiger partial charge in [0.25, 0.3) is 0 Å². The van der Waals surface area contributed by atoms with E-state index in [1.807, 2.05) is 24.4 Å². The molecule has 0 saturated carbocycles. The van der Waals surface area contributed by atoms with Gasteiger partial charge in [0.15, 0.2) is 0 Å². The predicted molar refractivity (Wildman–Crippen MR) is 61.9 cm³/mol. The minimum atomic E-state index is 0.692. The highest BCUT2D eigenvalue weighted by Crippen LogP contribution is 2.16. The molecule has 2 rings (SSSR count). The third kappa shape index (κ3) is 1.79. The van der Waals surface area contributed by atoms with Gasteiger partial charge in [-0.15, -0.1) is 11.6 Å². The number of rotatable bonds is 3. The summed E-state index contributed by atoms with van der Waals surface area (Å²) in [6.07, 6.45) is 3.86. The van der Waals surface area contributed by atoms with Gasteiger partial charge in [-0.2, -0.15) is 0 Å². The van der Waals surface area contributed by atoms with Gasteiger partial charge in [0.1, 0.15) is 5.65 Å². The smallest absolute Gasteiger partial charge is 0.137 e. The maximum Gasteiger partial charge on any atom is 0.137 e. The Kier molecular flexibility index (Phi) is 3.08. The van der Waals surface area contributed by atoms with Gasteiger partial charge in [-0.3, -0.25) is 4.40 Å². The minimum absolute atomic E-state index is 0.692. The van der Waals surface area contributed by atoms with Crippen molar-refractivity contribution in [2.75, 3.05) is 5.88 Å². The summed E-state index contributed by atoms with van der Waals surface area (Å²) in [5, 5.41) is 0. The summed E-state index contributed by atoms with van der Waals surface area (Å²) in [5.41, 5.74) is 2.18. The summed E-state index contributed by atoms with van der Waals surface area (Å²) < 4.78 is 3.14. The van der Waals surface area contributed by atoms with Crippen molar-refractivity contribution in [2.45, 2.75) is 12.8 Å². The van der Waals surface area contributed by atoms with Crippen molar-refractivity contribution in [1.29, 1.82) is 0 Å². The van der Waals surface area contributed by atoms with Crippen LogP contribution in [0.5, 0.6) is 0 Å². The standard InChI is InChI=1S/C10H10BrClN2/c11-9-4-1-5-10-13-7-8(14(9)10)3-2-6-12/h1,4-5,7H,2-3,6H2. The van der Waals surface area contributed by atoms with Gasteiger partial charge >= 0.3 is 0 Å². The van der Waals surface area contributed by atoms with Gasteiger partial charge in [0, 0.05) is 17.8 Å². The third-order valence-electron chi connectivity index (χ3n) is 2.12. The number of imidazole rings is 1. The number of alkyl halides is 1. The van der Waals surface area contributed by atoms with E-state index in [1.54, 1.807) is 0 Å². The van der Waals surface area contributed by atoms with Crippen molar-refractivity contribution in [3.05, 3.63) is 34.7 Å². The normalized spacial score (nSPS) is 11.0. The van der Waals surface area contributed by atoms with Crippen LogP contribution < -0.4 is 0 Å². The average molecular weight is 274 g/mol. The Bertz CT molecular complexity index is 439. The summed E-state index contributed by atoms with van der Waals surface area (Å²) in [6.45, 7) is 0. The Morgan fingerprint density at radius 1 is 1.43 bits per heavy atom. The molecule has 0 amide bonds. The van der Waals surface area contributed by atoms with Crippen molar-refractivity contribution in [3.63, 3.8) is 0 Å². The maximum absolute atomic E-state index is 5.67. The zero-order valence-corrected chi connectivity index (χ0v) is 9.92. The highest BCUT2D eigenvalue weighted by Gasteiger charge is 2.04. The van der Waals surface area contributed by atoms with E-state index in [-0.39, 0.29) is 0 Å². The number of hydrogen-bond donors (Lipinski definition) is 0. The Balaban J connectivity index is 2.45. The molecule has 0 aromatic carbocycles. The fraction of sp³-hybridized carbons (Fsp3) is 0.300. The average Bonchev–Trinajstić information content (AvgIpc) is 2.59.